The fourth-order valence-electron chi connectivity index (χ4n) is 16.1. The molecular weight excluding hydrogens is 922 g/mol. The largest absolute Gasteiger partial charge is 0.454 e. The lowest BCUT2D eigenvalue weighted by Gasteiger charge is -2.51. The second-order valence-corrected chi connectivity index (χ2v) is 28.7. The van der Waals surface area contributed by atoms with Crippen molar-refractivity contribution in [2.45, 2.75) is 186 Å². The number of anilines is 8. The predicted octanol–water partition coefficient (Wildman–Crippen LogP) is 17.7. The topological polar surface area (TPSA) is 22.9 Å². The average Bonchev–Trinajstić information content (AvgIpc) is 3.67. The first-order valence-corrected chi connectivity index (χ1v) is 29.0. The zero-order valence-corrected chi connectivity index (χ0v) is 48.0. The number of nitrogens with zero attached hydrogens (tertiary/aromatic N) is 3. The molecule has 4 nitrogen and oxygen atoms in total. The third-order valence-electron chi connectivity index (χ3n) is 21.1. The summed E-state index contributed by atoms with van der Waals surface area (Å²) < 4.78 is 7.09. The molecule has 4 heterocycles. The first kappa shape index (κ1) is 48.2. The molecule has 3 aliphatic heterocycles. The van der Waals surface area contributed by atoms with Gasteiger partial charge < -0.3 is 19.1 Å². The quantitative estimate of drug-likeness (QED) is 0.165. The van der Waals surface area contributed by atoms with Crippen molar-refractivity contribution in [2.75, 3.05) is 14.7 Å². The summed E-state index contributed by atoms with van der Waals surface area (Å²) in [7, 11) is 0. The number of hydrogen-bond donors (Lipinski definition) is 0. The lowest BCUT2D eigenvalue weighted by molar-refractivity contribution is 0.195. The molecule has 14 rings (SSSR count). The molecule has 6 aliphatic rings. The van der Waals surface area contributed by atoms with Gasteiger partial charge in [-0.15, -0.1) is 0 Å². The summed E-state index contributed by atoms with van der Waals surface area (Å²) in [4.78, 5) is 8.12. The van der Waals surface area contributed by atoms with Crippen molar-refractivity contribution in [3.05, 3.63) is 160 Å². The summed E-state index contributed by atoms with van der Waals surface area (Å²) in [6.07, 6.45) is 9.52. The number of furan rings is 1. The Morgan fingerprint density at radius 3 is 1.80 bits per heavy atom. The maximum Gasteiger partial charge on any atom is 0.252 e. The second-order valence-electron chi connectivity index (χ2n) is 28.7. The Kier molecular flexibility index (Phi) is 9.84. The Bertz CT molecular complexity index is 3800. The van der Waals surface area contributed by atoms with E-state index in [0.29, 0.717) is 0 Å². The van der Waals surface area contributed by atoms with Crippen molar-refractivity contribution >= 4 is 90.5 Å². The normalized spacial score (nSPS) is 23.1. The van der Waals surface area contributed by atoms with Crippen molar-refractivity contribution in [3.63, 3.8) is 0 Å². The molecule has 0 saturated heterocycles. The molecule has 7 aromatic carbocycles. The summed E-state index contributed by atoms with van der Waals surface area (Å²) >= 11 is 0. The molecule has 0 bridgehead atoms. The second kappa shape index (κ2) is 15.5. The molecule has 5 heteroatoms. The van der Waals surface area contributed by atoms with Gasteiger partial charge in [0.25, 0.3) is 6.71 Å². The van der Waals surface area contributed by atoms with E-state index in [1.54, 1.807) is 0 Å². The van der Waals surface area contributed by atoms with Crippen LogP contribution in [0.1, 0.15) is 180 Å². The number of benzene rings is 7. The van der Waals surface area contributed by atoms with Crippen molar-refractivity contribution in [1.29, 1.82) is 0 Å². The molecule has 1 fully saturated rings. The van der Waals surface area contributed by atoms with Gasteiger partial charge in [0.15, 0.2) is 5.58 Å². The third-order valence-corrected chi connectivity index (χ3v) is 21.1. The fourth-order valence-corrected chi connectivity index (χ4v) is 16.1. The number of fused-ring (bicyclic) bond motifs is 12. The monoisotopic (exact) mass is 1000 g/mol. The van der Waals surface area contributed by atoms with Crippen LogP contribution in [0.15, 0.2) is 126 Å². The third kappa shape index (κ3) is 6.50. The predicted molar refractivity (Wildman–Crippen MR) is 325 cm³/mol. The Labute approximate surface area is 454 Å². The number of hydrogen-bond acceptors (Lipinski definition) is 4. The van der Waals surface area contributed by atoms with E-state index in [4.69, 9.17) is 4.42 Å². The Balaban J connectivity index is 1.08. The molecule has 386 valence electrons. The van der Waals surface area contributed by atoms with Gasteiger partial charge in [0.05, 0.1) is 11.2 Å². The molecule has 2 atom stereocenters. The van der Waals surface area contributed by atoms with Crippen LogP contribution in [0.3, 0.4) is 0 Å². The van der Waals surface area contributed by atoms with E-state index in [-0.39, 0.29) is 44.7 Å². The molecular formula is C71H78BN3O. The summed E-state index contributed by atoms with van der Waals surface area (Å²) in [6.45, 7) is 34.4. The first-order valence-electron chi connectivity index (χ1n) is 29.0. The summed E-state index contributed by atoms with van der Waals surface area (Å²) in [5.41, 5.74) is 26.4. The van der Waals surface area contributed by atoms with Crippen LogP contribution in [0, 0.1) is 6.92 Å². The van der Waals surface area contributed by atoms with Gasteiger partial charge in [0.1, 0.15) is 5.58 Å². The highest BCUT2D eigenvalue weighted by Gasteiger charge is 2.58. The molecule has 2 unspecified atom stereocenters. The Morgan fingerprint density at radius 1 is 0.461 bits per heavy atom. The van der Waals surface area contributed by atoms with Crippen LogP contribution < -0.4 is 31.1 Å². The smallest absolute Gasteiger partial charge is 0.252 e. The van der Waals surface area contributed by atoms with Crippen LogP contribution in [0.4, 0.5) is 45.5 Å². The maximum atomic E-state index is 7.09. The fraction of sp³-hybridized carbons (Fsp3) is 0.408. The van der Waals surface area contributed by atoms with Crippen LogP contribution in [-0.4, -0.2) is 12.3 Å². The van der Waals surface area contributed by atoms with Crippen LogP contribution in [-0.2, 0) is 32.5 Å². The van der Waals surface area contributed by atoms with Crippen molar-refractivity contribution < 1.29 is 4.42 Å². The van der Waals surface area contributed by atoms with Gasteiger partial charge in [-0.2, -0.15) is 0 Å². The Hall–Kier alpha value is -6.20. The van der Waals surface area contributed by atoms with E-state index >= 15 is 0 Å². The highest BCUT2D eigenvalue weighted by atomic mass is 16.3. The van der Waals surface area contributed by atoms with Crippen LogP contribution in [0.5, 0.6) is 0 Å². The minimum atomic E-state index is -0.105. The van der Waals surface area contributed by atoms with Crippen LogP contribution in [0.25, 0.3) is 21.9 Å². The molecule has 0 amide bonds. The number of aryl methyl sites for hydroxylation is 1. The molecule has 1 saturated carbocycles. The van der Waals surface area contributed by atoms with Crippen molar-refractivity contribution in [3.8, 4) is 0 Å². The maximum absolute atomic E-state index is 7.09. The molecule has 0 N–H and O–H groups in total. The Morgan fingerprint density at radius 2 is 1.08 bits per heavy atom. The van der Waals surface area contributed by atoms with Gasteiger partial charge in [0, 0.05) is 56.0 Å². The van der Waals surface area contributed by atoms with Gasteiger partial charge in [0.2, 0.25) is 0 Å². The minimum absolute atomic E-state index is 0.00298. The summed E-state index contributed by atoms with van der Waals surface area (Å²) in [6, 6.07) is 48.5. The van der Waals surface area contributed by atoms with E-state index in [9.17, 15) is 0 Å². The van der Waals surface area contributed by atoms with Gasteiger partial charge in [-0.3, -0.25) is 0 Å². The number of rotatable bonds is 3. The van der Waals surface area contributed by atoms with Gasteiger partial charge >= 0.3 is 0 Å². The van der Waals surface area contributed by atoms with Gasteiger partial charge in [-0.05, 0) is 195 Å². The zero-order chi connectivity index (χ0) is 53.0. The van der Waals surface area contributed by atoms with E-state index in [2.05, 4.69) is 233 Å². The van der Waals surface area contributed by atoms with Crippen molar-refractivity contribution in [2.24, 2.45) is 0 Å². The molecule has 3 aliphatic carbocycles. The lowest BCUT2D eigenvalue weighted by atomic mass is 9.33. The van der Waals surface area contributed by atoms with E-state index in [1.165, 1.54) is 140 Å². The summed E-state index contributed by atoms with van der Waals surface area (Å²) in [5, 5.41) is 2.29. The van der Waals surface area contributed by atoms with E-state index < -0.39 is 0 Å². The summed E-state index contributed by atoms with van der Waals surface area (Å²) in [5.74, 6) is 0. The molecule has 8 aromatic rings. The minimum Gasteiger partial charge on any atom is -0.454 e. The molecule has 1 aromatic heterocycles. The number of para-hydroxylation sites is 2. The zero-order valence-electron chi connectivity index (χ0n) is 48.0. The molecule has 0 spiro atoms. The first-order chi connectivity index (χ1) is 35.9. The lowest BCUT2D eigenvalue weighted by Crippen LogP contribution is -2.62. The van der Waals surface area contributed by atoms with E-state index in [0.717, 1.165) is 34.0 Å². The molecule has 0 radical (unpaired) electrons. The van der Waals surface area contributed by atoms with Gasteiger partial charge in [-0.1, -0.05) is 157 Å². The van der Waals surface area contributed by atoms with Crippen molar-refractivity contribution in [1.82, 2.24) is 0 Å². The van der Waals surface area contributed by atoms with E-state index in [1.807, 2.05) is 0 Å². The van der Waals surface area contributed by atoms with Crippen LogP contribution in [0.2, 0.25) is 0 Å². The molecule has 76 heavy (non-hydrogen) atoms. The SMILES string of the molecule is Cc1cc2c3c(c1)N(c1cccc4c1oc1ccccc14)c1cc(N4c5ccc(C(C)(C)C)cc5C5(C)CCCCC45C)ccc1B3c1cc3c(cc1N2c1ccc2c(c1)C(C)(C)CCC2(C)C)C(C)(C)CCC3(C)C. The highest BCUT2D eigenvalue weighted by Crippen LogP contribution is 2.62. The standard InChI is InChI=1S/C71H78BN3O/c1-43-36-60-63-61(37-43)74(57-22-19-21-48-47-20-15-16-23-62(47)76-64(48)57)58-40-46(75-56-29-24-44(65(2,3)4)38-53(56)70(13)30-17-18-31-71(70,75)14)26-28-54(58)72(63)55-41-51-52(69(11,12)35-34-68(51,9)10)42-59(55)73(60)45-25-27-49-50(39-45)67(7,8)33-32-66(49,5)6/h15-16,19-29,36-42H,17-18,30-35H2,1-14H3. The van der Waals surface area contributed by atoms with Gasteiger partial charge in [-0.25, -0.2) is 0 Å². The van der Waals surface area contributed by atoms with Crippen LogP contribution >= 0.6 is 0 Å². The highest BCUT2D eigenvalue weighted by molar-refractivity contribution is 7.00. The average molecular weight is 1000 g/mol.